The van der Waals surface area contributed by atoms with Gasteiger partial charge in [0.1, 0.15) is 4.90 Å². The predicted molar refractivity (Wildman–Crippen MR) is 98.3 cm³/mol. The second kappa shape index (κ2) is 7.47. The molecule has 27 heavy (non-hydrogen) atoms. The summed E-state index contributed by atoms with van der Waals surface area (Å²) in [6, 6.07) is 8.50. The molecule has 0 aliphatic carbocycles. The van der Waals surface area contributed by atoms with E-state index in [0.29, 0.717) is 5.69 Å². The van der Waals surface area contributed by atoms with Crippen LogP contribution in [0, 0.1) is 0 Å². The van der Waals surface area contributed by atoms with Crippen LogP contribution in [0.15, 0.2) is 57.2 Å². The highest BCUT2D eigenvalue weighted by Crippen LogP contribution is 2.29. The topological polar surface area (TPSA) is 152 Å². The zero-order valence-electron chi connectivity index (χ0n) is 14.4. The van der Waals surface area contributed by atoms with E-state index < -0.39 is 35.6 Å². The van der Waals surface area contributed by atoms with Gasteiger partial charge in [0.05, 0.1) is 9.79 Å². The molecule has 0 unspecified atom stereocenters. The van der Waals surface area contributed by atoms with Crippen LogP contribution in [-0.4, -0.2) is 28.6 Å². The Morgan fingerprint density at radius 1 is 0.778 bits per heavy atom. The molecule has 2 rings (SSSR count). The Labute approximate surface area is 156 Å². The van der Waals surface area contributed by atoms with E-state index in [9.17, 15) is 26.4 Å². The lowest BCUT2D eigenvalue weighted by Crippen LogP contribution is -2.18. The van der Waals surface area contributed by atoms with E-state index in [1.54, 1.807) is 0 Å². The Kier molecular flexibility index (Phi) is 5.68. The molecule has 0 atom stereocenters. The van der Waals surface area contributed by atoms with Crippen molar-refractivity contribution in [2.75, 3.05) is 10.6 Å². The molecule has 0 spiro atoms. The second-order valence-electron chi connectivity index (χ2n) is 5.60. The number of sulfone groups is 1. The van der Waals surface area contributed by atoms with Gasteiger partial charge in [-0.2, -0.15) is 0 Å². The largest absolute Gasteiger partial charge is 0.326 e. The van der Waals surface area contributed by atoms with Gasteiger partial charge in [-0.1, -0.05) is 0 Å². The smallest absolute Gasteiger partial charge is 0.239 e. The molecule has 0 aliphatic rings. The Hall–Kier alpha value is -2.76. The van der Waals surface area contributed by atoms with Crippen molar-refractivity contribution in [2.24, 2.45) is 5.14 Å². The molecule has 0 bridgehead atoms. The zero-order chi connectivity index (χ0) is 20.4. The van der Waals surface area contributed by atoms with Crippen molar-refractivity contribution in [3.05, 3.63) is 42.5 Å². The van der Waals surface area contributed by atoms with Crippen molar-refractivity contribution in [1.29, 1.82) is 0 Å². The van der Waals surface area contributed by atoms with Crippen LogP contribution in [0.1, 0.15) is 13.8 Å². The summed E-state index contributed by atoms with van der Waals surface area (Å²) in [5, 5.41) is 10.0. The molecule has 2 aromatic carbocycles. The molecule has 0 radical (unpaired) electrons. The first-order valence-electron chi connectivity index (χ1n) is 7.48. The number of anilines is 2. The number of hydrogen-bond acceptors (Lipinski definition) is 6. The van der Waals surface area contributed by atoms with Crippen molar-refractivity contribution < 1.29 is 26.4 Å². The zero-order valence-corrected chi connectivity index (χ0v) is 16.0. The highest BCUT2D eigenvalue weighted by molar-refractivity contribution is 7.93. The molecule has 0 aromatic heterocycles. The lowest BCUT2D eigenvalue weighted by Gasteiger charge is -2.12. The van der Waals surface area contributed by atoms with Crippen molar-refractivity contribution in [2.45, 2.75) is 28.5 Å². The van der Waals surface area contributed by atoms with Crippen LogP contribution >= 0.6 is 0 Å². The molecule has 144 valence electrons. The predicted octanol–water partition coefficient (Wildman–Crippen LogP) is 1.08. The lowest BCUT2D eigenvalue weighted by atomic mass is 10.3. The molecule has 0 saturated heterocycles. The Morgan fingerprint density at radius 2 is 1.26 bits per heavy atom. The van der Waals surface area contributed by atoms with Gasteiger partial charge in [-0.15, -0.1) is 0 Å². The van der Waals surface area contributed by atoms with Crippen LogP contribution in [0.2, 0.25) is 0 Å². The standard InChI is InChI=1S/C16H17N3O6S2/c1-10(20)18-12-3-6-14(7-4-12)26(22,23)15-8-5-13(19-11(2)21)9-16(15)27(17,24)25/h3-9H,1-2H3,(H,18,20)(H,19,21)(H2,17,24,25). The van der Waals surface area contributed by atoms with E-state index in [-0.39, 0.29) is 16.5 Å². The minimum Gasteiger partial charge on any atom is -0.326 e. The van der Waals surface area contributed by atoms with Gasteiger partial charge in [0.25, 0.3) is 0 Å². The summed E-state index contributed by atoms with van der Waals surface area (Å²) in [4.78, 5) is 20.8. The van der Waals surface area contributed by atoms with E-state index in [2.05, 4.69) is 10.6 Å². The third-order valence-corrected chi connectivity index (χ3v) is 6.25. The molecular weight excluding hydrogens is 394 g/mol. The van der Waals surface area contributed by atoms with Crippen LogP contribution in [-0.2, 0) is 29.4 Å². The van der Waals surface area contributed by atoms with Gasteiger partial charge in [-0.05, 0) is 42.5 Å². The average Bonchev–Trinajstić information content (AvgIpc) is 2.53. The molecule has 0 aliphatic heterocycles. The third kappa shape index (κ3) is 4.90. The number of carbonyl (C=O) groups is 2. The van der Waals surface area contributed by atoms with Crippen LogP contribution in [0.4, 0.5) is 11.4 Å². The molecule has 0 fully saturated rings. The first kappa shape index (κ1) is 20.6. The van der Waals surface area contributed by atoms with E-state index in [4.69, 9.17) is 5.14 Å². The molecule has 11 heteroatoms. The monoisotopic (exact) mass is 411 g/mol. The Bertz CT molecular complexity index is 1110. The minimum absolute atomic E-state index is 0.0893. The van der Waals surface area contributed by atoms with Crippen molar-refractivity contribution in [1.82, 2.24) is 0 Å². The number of primary sulfonamides is 1. The summed E-state index contributed by atoms with van der Waals surface area (Å²) in [6.45, 7) is 2.53. The van der Waals surface area contributed by atoms with Gasteiger partial charge in [-0.3, -0.25) is 9.59 Å². The number of nitrogens with two attached hydrogens (primary N) is 1. The summed E-state index contributed by atoms with van der Waals surface area (Å²) in [7, 11) is -8.62. The number of sulfonamides is 1. The second-order valence-corrected chi connectivity index (χ2v) is 9.04. The molecule has 2 aromatic rings. The fourth-order valence-corrected chi connectivity index (χ4v) is 4.92. The summed E-state index contributed by atoms with van der Waals surface area (Å²) in [5.41, 5.74) is 0.473. The molecule has 9 nitrogen and oxygen atoms in total. The van der Waals surface area contributed by atoms with Crippen LogP contribution < -0.4 is 15.8 Å². The average molecular weight is 411 g/mol. The van der Waals surface area contributed by atoms with Crippen LogP contribution in [0.5, 0.6) is 0 Å². The van der Waals surface area contributed by atoms with Crippen molar-refractivity contribution in [3.63, 3.8) is 0 Å². The normalized spacial score (nSPS) is 11.7. The van der Waals surface area contributed by atoms with Crippen LogP contribution in [0.3, 0.4) is 0 Å². The summed E-state index contributed by atoms with van der Waals surface area (Å²) < 4.78 is 49.5. The molecule has 4 N–H and O–H groups in total. The van der Waals surface area contributed by atoms with Gasteiger partial charge in [0, 0.05) is 25.2 Å². The van der Waals surface area contributed by atoms with E-state index in [1.807, 2.05) is 0 Å². The van der Waals surface area contributed by atoms with E-state index in [0.717, 1.165) is 12.1 Å². The van der Waals surface area contributed by atoms with Gasteiger partial charge < -0.3 is 10.6 Å². The van der Waals surface area contributed by atoms with Crippen molar-refractivity contribution >= 4 is 43.0 Å². The summed E-state index contributed by atoms with van der Waals surface area (Å²) >= 11 is 0. The van der Waals surface area contributed by atoms with Gasteiger partial charge in [0.15, 0.2) is 0 Å². The first-order valence-corrected chi connectivity index (χ1v) is 10.5. The quantitative estimate of drug-likeness (QED) is 0.669. The van der Waals surface area contributed by atoms with Gasteiger partial charge in [-0.25, -0.2) is 22.0 Å². The maximum Gasteiger partial charge on any atom is 0.239 e. The summed E-state index contributed by atoms with van der Waals surface area (Å²) in [5.74, 6) is -0.782. The fourth-order valence-electron chi connectivity index (χ4n) is 2.28. The van der Waals surface area contributed by atoms with E-state index in [1.165, 1.54) is 44.2 Å². The van der Waals surface area contributed by atoms with Crippen LogP contribution in [0.25, 0.3) is 0 Å². The number of rotatable bonds is 5. The highest BCUT2D eigenvalue weighted by Gasteiger charge is 2.26. The Balaban J connectivity index is 2.57. The first-order chi connectivity index (χ1) is 12.4. The summed E-state index contributed by atoms with van der Waals surface area (Å²) in [6.07, 6.45) is 0. The minimum atomic E-state index is -4.39. The number of benzene rings is 2. The Morgan fingerprint density at radius 3 is 1.74 bits per heavy atom. The van der Waals surface area contributed by atoms with Crippen molar-refractivity contribution in [3.8, 4) is 0 Å². The molecular formula is C16H17N3O6S2. The fraction of sp³-hybridized carbons (Fsp3) is 0.125. The lowest BCUT2D eigenvalue weighted by molar-refractivity contribution is -0.115. The maximum atomic E-state index is 12.9. The molecule has 0 saturated carbocycles. The van der Waals surface area contributed by atoms with Gasteiger partial charge >= 0.3 is 0 Å². The number of hydrogen-bond donors (Lipinski definition) is 3. The SMILES string of the molecule is CC(=O)Nc1ccc(S(=O)(=O)c2ccc(NC(C)=O)cc2S(N)(=O)=O)cc1. The number of amides is 2. The number of nitrogens with one attached hydrogen (secondary N) is 2. The third-order valence-electron chi connectivity index (χ3n) is 3.35. The molecule has 0 heterocycles. The highest BCUT2D eigenvalue weighted by atomic mass is 32.2. The molecule has 2 amide bonds. The van der Waals surface area contributed by atoms with E-state index >= 15 is 0 Å². The number of carbonyl (C=O) groups excluding carboxylic acids is 2. The van der Waals surface area contributed by atoms with Gasteiger partial charge in [0.2, 0.25) is 31.7 Å². The maximum absolute atomic E-state index is 12.9.